The molecule has 26 heavy (non-hydrogen) atoms. The summed E-state index contributed by atoms with van der Waals surface area (Å²) in [6.07, 6.45) is 0.405. The summed E-state index contributed by atoms with van der Waals surface area (Å²) in [5, 5.41) is 4.05. The molecule has 0 bridgehead atoms. The standard InChI is InChI=1S/C19H18BrN3O3/c1-12(13-5-3-2-4-6-13)10-23-11-14(9-17(23)24)18-21-19(26-22-18)15-7-8-16(20)25-15/h2-8,12,14H,9-11H2,1H3. The van der Waals surface area contributed by atoms with Gasteiger partial charge in [-0.05, 0) is 39.5 Å². The lowest BCUT2D eigenvalue weighted by Gasteiger charge is -2.21. The molecule has 1 aromatic carbocycles. The third-order valence-electron chi connectivity index (χ3n) is 4.67. The smallest absolute Gasteiger partial charge is 0.293 e. The zero-order valence-electron chi connectivity index (χ0n) is 14.3. The van der Waals surface area contributed by atoms with E-state index in [1.54, 1.807) is 12.1 Å². The minimum Gasteiger partial charge on any atom is -0.444 e. The van der Waals surface area contributed by atoms with E-state index < -0.39 is 0 Å². The lowest BCUT2D eigenvalue weighted by atomic mass is 10.0. The van der Waals surface area contributed by atoms with Crippen LogP contribution in [-0.2, 0) is 4.79 Å². The van der Waals surface area contributed by atoms with Gasteiger partial charge in [-0.1, -0.05) is 42.4 Å². The van der Waals surface area contributed by atoms with Crippen molar-refractivity contribution in [1.29, 1.82) is 0 Å². The molecule has 3 heterocycles. The Hall–Kier alpha value is -2.41. The quantitative estimate of drug-likeness (QED) is 0.623. The van der Waals surface area contributed by atoms with E-state index in [-0.39, 0.29) is 17.7 Å². The summed E-state index contributed by atoms with van der Waals surface area (Å²) in [7, 11) is 0. The molecule has 7 heteroatoms. The summed E-state index contributed by atoms with van der Waals surface area (Å²) in [6.45, 7) is 3.43. The predicted molar refractivity (Wildman–Crippen MR) is 98.5 cm³/mol. The van der Waals surface area contributed by atoms with Crippen LogP contribution in [0.2, 0.25) is 0 Å². The summed E-state index contributed by atoms with van der Waals surface area (Å²) in [5.74, 6) is 1.74. The number of carbonyl (C=O) groups is 1. The molecule has 134 valence electrons. The highest BCUT2D eigenvalue weighted by Crippen LogP contribution is 2.30. The molecule has 2 aromatic heterocycles. The normalized spacial score (nSPS) is 18.5. The second-order valence-corrected chi connectivity index (χ2v) is 7.35. The molecule has 1 saturated heterocycles. The topological polar surface area (TPSA) is 72.4 Å². The highest BCUT2D eigenvalue weighted by molar-refractivity contribution is 9.10. The second kappa shape index (κ2) is 7.07. The van der Waals surface area contributed by atoms with Crippen LogP contribution in [0.1, 0.15) is 36.6 Å². The Bertz CT molecular complexity index is 906. The number of aromatic nitrogens is 2. The summed E-state index contributed by atoms with van der Waals surface area (Å²) in [5.41, 5.74) is 1.23. The Morgan fingerprint density at radius 1 is 1.27 bits per heavy atom. The summed E-state index contributed by atoms with van der Waals surface area (Å²) < 4.78 is 11.3. The van der Waals surface area contributed by atoms with Gasteiger partial charge in [-0.25, -0.2) is 0 Å². The van der Waals surface area contributed by atoms with Crippen molar-refractivity contribution in [3.8, 4) is 11.7 Å². The van der Waals surface area contributed by atoms with Crippen LogP contribution in [-0.4, -0.2) is 34.0 Å². The zero-order chi connectivity index (χ0) is 18.1. The van der Waals surface area contributed by atoms with E-state index in [9.17, 15) is 4.79 Å². The fraction of sp³-hybridized carbons (Fsp3) is 0.316. The van der Waals surface area contributed by atoms with Crippen LogP contribution in [0, 0.1) is 0 Å². The van der Waals surface area contributed by atoms with Crippen molar-refractivity contribution >= 4 is 21.8 Å². The first kappa shape index (κ1) is 17.0. The molecule has 0 aliphatic carbocycles. The number of benzene rings is 1. The summed E-state index contributed by atoms with van der Waals surface area (Å²) >= 11 is 3.25. The summed E-state index contributed by atoms with van der Waals surface area (Å²) in [4.78, 5) is 18.7. The number of hydrogen-bond donors (Lipinski definition) is 0. The van der Waals surface area contributed by atoms with Gasteiger partial charge in [0, 0.05) is 25.4 Å². The maximum absolute atomic E-state index is 12.4. The van der Waals surface area contributed by atoms with Crippen LogP contribution in [0.5, 0.6) is 0 Å². The SMILES string of the molecule is CC(CN1CC(c2noc(-c3ccc(Br)o3)n2)CC1=O)c1ccccc1. The van der Waals surface area contributed by atoms with Gasteiger partial charge >= 0.3 is 0 Å². The van der Waals surface area contributed by atoms with Crippen molar-refractivity contribution < 1.29 is 13.7 Å². The molecule has 3 aromatic rings. The lowest BCUT2D eigenvalue weighted by Crippen LogP contribution is -2.29. The fourth-order valence-corrected chi connectivity index (χ4v) is 3.58. The number of likely N-dealkylation sites (tertiary alicyclic amines) is 1. The maximum atomic E-state index is 12.4. The monoisotopic (exact) mass is 415 g/mol. The Morgan fingerprint density at radius 2 is 2.08 bits per heavy atom. The van der Waals surface area contributed by atoms with Crippen LogP contribution in [0.3, 0.4) is 0 Å². The van der Waals surface area contributed by atoms with Gasteiger partial charge in [0.2, 0.25) is 5.91 Å². The van der Waals surface area contributed by atoms with Crippen LogP contribution in [0.4, 0.5) is 0 Å². The molecule has 1 aliphatic heterocycles. The third kappa shape index (κ3) is 3.44. The Balaban J connectivity index is 1.44. The van der Waals surface area contributed by atoms with E-state index in [0.29, 0.717) is 41.7 Å². The van der Waals surface area contributed by atoms with Gasteiger partial charge in [0.05, 0.1) is 0 Å². The molecular weight excluding hydrogens is 398 g/mol. The van der Waals surface area contributed by atoms with E-state index in [4.69, 9.17) is 8.94 Å². The number of rotatable bonds is 5. The Kier molecular flexibility index (Phi) is 4.63. The van der Waals surface area contributed by atoms with Gasteiger partial charge < -0.3 is 13.8 Å². The lowest BCUT2D eigenvalue weighted by molar-refractivity contribution is -0.127. The molecule has 0 spiro atoms. The van der Waals surface area contributed by atoms with Gasteiger partial charge in [-0.2, -0.15) is 4.98 Å². The number of furan rings is 1. The predicted octanol–water partition coefficient (Wildman–Crippen LogP) is 4.21. The zero-order valence-corrected chi connectivity index (χ0v) is 15.8. The van der Waals surface area contributed by atoms with Crippen molar-refractivity contribution in [1.82, 2.24) is 15.0 Å². The average molecular weight is 416 g/mol. The van der Waals surface area contributed by atoms with Crippen molar-refractivity contribution in [2.45, 2.75) is 25.2 Å². The minimum absolute atomic E-state index is 0.0543. The van der Waals surface area contributed by atoms with Crippen molar-refractivity contribution in [3.63, 3.8) is 0 Å². The molecule has 2 unspecified atom stereocenters. The van der Waals surface area contributed by atoms with Gasteiger partial charge in [0.25, 0.3) is 5.89 Å². The minimum atomic E-state index is -0.0543. The average Bonchev–Trinajstić information content (AvgIpc) is 3.36. The van der Waals surface area contributed by atoms with Gasteiger partial charge in [-0.15, -0.1) is 0 Å². The van der Waals surface area contributed by atoms with Gasteiger partial charge in [0.1, 0.15) is 0 Å². The number of hydrogen-bond acceptors (Lipinski definition) is 5. The van der Waals surface area contributed by atoms with E-state index in [2.05, 4.69) is 45.1 Å². The maximum Gasteiger partial charge on any atom is 0.293 e. The largest absolute Gasteiger partial charge is 0.444 e. The Labute approximate surface area is 159 Å². The molecular formula is C19H18BrN3O3. The molecule has 1 amide bonds. The molecule has 4 rings (SSSR count). The molecule has 6 nitrogen and oxygen atoms in total. The summed E-state index contributed by atoms with van der Waals surface area (Å²) in [6, 6.07) is 13.8. The van der Waals surface area contributed by atoms with E-state index in [1.807, 2.05) is 23.1 Å². The Morgan fingerprint density at radius 3 is 2.81 bits per heavy atom. The number of halogens is 1. The second-order valence-electron chi connectivity index (χ2n) is 6.57. The number of amides is 1. The molecule has 0 saturated carbocycles. The molecule has 1 aliphatic rings. The highest BCUT2D eigenvalue weighted by Gasteiger charge is 2.34. The van der Waals surface area contributed by atoms with Crippen molar-refractivity contribution in [2.75, 3.05) is 13.1 Å². The highest BCUT2D eigenvalue weighted by atomic mass is 79.9. The fourth-order valence-electron chi connectivity index (χ4n) is 3.27. The molecule has 0 N–H and O–H groups in total. The third-order valence-corrected chi connectivity index (χ3v) is 5.09. The number of nitrogens with zero attached hydrogens (tertiary/aromatic N) is 3. The van der Waals surface area contributed by atoms with Crippen molar-refractivity contribution in [2.24, 2.45) is 0 Å². The van der Waals surface area contributed by atoms with Crippen LogP contribution < -0.4 is 0 Å². The van der Waals surface area contributed by atoms with E-state index in [0.717, 1.165) is 0 Å². The van der Waals surface area contributed by atoms with E-state index in [1.165, 1.54) is 5.56 Å². The van der Waals surface area contributed by atoms with Gasteiger partial charge in [0.15, 0.2) is 16.3 Å². The molecule has 2 atom stereocenters. The molecule has 1 fully saturated rings. The van der Waals surface area contributed by atoms with Gasteiger partial charge in [-0.3, -0.25) is 4.79 Å². The van der Waals surface area contributed by atoms with Crippen molar-refractivity contribution in [3.05, 3.63) is 58.5 Å². The first-order valence-electron chi connectivity index (χ1n) is 8.52. The van der Waals surface area contributed by atoms with E-state index >= 15 is 0 Å². The van der Waals surface area contributed by atoms with Crippen LogP contribution in [0.15, 0.2) is 56.1 Å². The van der Waals surface area contributed by atoms with Crippen LogP contribution >= 0.6 is 15.9 Å². The van der Waals surface area contributed by atoms with Crippen LogP contribution in [0.25, 0.3) is 11.7 Å². The number of carbonyl (C=O) groups excluding carboxylic acids is 1. The first-order chi connectivity index (χ1) is 12.6. The first-order valence-corrected chi connectivity index (χ1v) is 9.31. The molecule has 0 radical (unpaired) electrons.